The van der Waals surface area contributed by atoms with Crippen molar-refractivity contribution in [2.75, 3.05) is 0 Å². The van der Waals surface area contributed by atoms with Crippen molar-refractivity contribution in [3.8, 4) is 0 Å². The van der Waals surface area contributed by atoms with Gasteiger partial charge in [-0.2, -0.15) is 0 Å². The molecule has 0 spiro atoms. The second-order valence-corrected chi connectivity index (χ2v) is 4.92. The van der Waals surface area contributed by atoms with E-state index in [9.17, 15) is 0 Å². The lowest BCUT2D eigenvalue weighted by atomic mass is 10.4. The first-order chi connectivity index (χ1) is 8.72. The fourth-order valence-corrected chi connectivity index (χ4v) is 2.04. The highest BCUT2D eigenvalue weighted by Crippen LogP contribution is 2.19. The Balaban J connectivity index is 1.74. The van der Waals surface area contributed by atoms with Crippen molar-refractivity contribution in [2.45, 2.75) is 38.9 Å². The van der Waals surface area contributed by atoms with Crippen molar-refractivity contribution in [2.24, 2.45) is 7.05 Å². The highest BCUT2D eigenvalue weighted by molar-refractivity contribution is 5.08. The smallest absolute Gasteiger partial charge is 0.106 e. The van der Waals surface area contributed by atoms with Gasteiger partial charge in [0.25, 0.3) is 0 Å². The van der Waals surface area contributed by atoms with E-state index in [0.29, 0.717) is 6.04 Å². The molecule has 0 bridgehead atoms. The average molecular weight is 246 g/mol. The second-order valence-electron chi connectivity index (χ2n) is 4.92. The highest BCUT2D eigenvalue weighted by atomic mass is 15.4. The Morgan fingerprint density at radius 3 is 2.94 bits per heavy atom. The van der Waals surface area contributed by atoms with Gasteiger partial charge in [0.2, 0.25) is 0 Å². The molecule has 1 N–H and O–H groups in total. The molecule has 3 rings (SSSR count). The van der Waals surface area contributed by atoms with Crippen LogP contribution in [0.1, 0.15) is 30.1 Å². The maximum absolute atomic E-state index is 4.39. The molecule has 0 radical (unpaired) electrons. The number of nitrogens with one attached hydrogen (secondary N) is 1. The van der Waals surface area contributed by atoms with Crippen LogP contribution < -0.4 is 5.32 Å². The number of aryl methyl sites for hydroxylation is 2. The Hall–Kier alpha value is -1.69. The van der Waals surface area contributed by atoms with E-state index >= 15 is 0 Å². The number of hydrogen-bond donors (Lipinski definition) is 1. The second kappa shape index (κ2) is 4.53. The summed E-state index contributed by atoms with van der Waals surface area (Å²) in [6, 6.07) is 0.713. The summed E-state index contributed by atoms with van der Waals surface area (Å²) in [4.78, 5) is 4.39. The van der Waals surface area contributed by atoms with Crippen LogP contribution in [0.2, 0.25) is 0 Å². The number of rotatable bonds is 5. The van der Waals surface area contributed by atoms with Gasteiger partial charge in [-0.15, -0.1) is 5.10 Å². The van der Waals surface area contributed by atoms with Crippen LogP contribution in [0.3, 0.4) is 0 Å². The number of aromatic nitrogens is 5. The molecule has 1 aliphatic rings. The third-order valence-corrected chi connectivity index (χ3v) is 3.26. The van der Waals surface area contributed by atoms with Crippen molar-refractivity contribution < 1.29 is 0 Å². The molecule has 0 aliphatic heterocycles. The van der Waals surface area contributed by atoms with Crippen LogP contribution in [-0.2, 0) is 20.1 Å². The zero-order valence-electron chi connectivity index (χ0n) is 10.8. The Bertz CT molecular complexity index is 537. The van der Waals surface area contributed by atoms with Crippen LogP contribution in [0.25, 0.3) is 0 Å². The average Bonchev–Trinajstić information content (AvgIpc) is 3.00. The summed E-state index contributed by atoms with van der Waals surface area (Å²) in [5.74, 6) is 1.02. The zero-order chi connectivity index (χ0) is 12.5. The molecule has 2 heterocycles. The monoisotopic (exact) mass is 246 g/mol. The van der Waals surface area contributed by atoms with Crippen LogP contribution in [0.15, 0.2) is 12.4 Å². The summed E-state index contributed by atoms with van der Waals surface area (Å²) in [5, 5.41) is 11.6. The van der Waals surface area contributed by atoms with Crippen molar-refractivity contribution in [3.63, 3.8) is 0 Å². The molecule has 1 aliphatic carbocycles. The minimum atomic E-state index is 0.713. The topological polar surface area (TPSA) is 60.6 Å². The molecule has 0 amide bonds. The molecule has 0 atom stereocenters. The van der Waals surface area contributed by atoms with Crippen LogP contribution in [-0.4, -0.2) is 30.6 Å². The number of nitrogens with zero attached hydrogens (tertiary/aromatic N) is 5. The van der Waals surface area contributed by atoms with E-state index in [1.165, 1.54) is 18.5 Å². The normalized spacial score (nSPS) is 15.2. The molecule has 18 heavy (non-hydrogen) atoms. The lowest BCUT2D eigenvalue weighted by molar-refractivity contribution is 0.621. The lowest BCUT2D eigenvalue weighted by Gasteiger charge is -2.09. The first-order valence-electron chi connectivity index (χ1n) is 6.32. The molecular weight excluding hydrogens is 228 g/mol. The minimum Gasteiger partial charge on any atom is -0.325 e. The van der Waals surface area contributed by atoms with Crippen LogP contribution >= 0.6 is 0 Å². The van der Waals surface area contributed by atoms with E-state index in [1.54, 1.807) is 4.68 Å². The van der Waals surface area contributed by atoms with Gasteiger partial charge in [-0.05, 0) is 19.8 Å². The van der Waals surface area contributed by atoms with Gasteiger partial charge in [0.05, 0.1) is 12.2 Å². The first kappa shape index (κ1) is 11.4. The van der Waals surface area contributed by atoms with E-state index in [1.807, 2.05) is 26.4 Å². The van der Waals surface area contributed by atoms with Crippen molar-refractivity contribution in [1.82, 2.24) is 29.9 Å². The standard InChI is InChI=1S/C12H18N6/c1-9-13-5-12(6-14-10-3-4-10)18(9)8-11-7-17(2)16-15-11/h5,7,10,14H,3-4,6,8H2,1-2H3. The van der Waals surface area contributed by atoms with Crippen molar-refractivity contribution >= 4 is 0 Å². The van der Waals surface area contributed by atoms with Gasteiger partial charge in [-0.25, -0.2) is 4.98 Å². The van der Waals surface area contributed by atoms with Gasteiger partial charge in [-0.1, -0.05) is 5.21 Å². The summed E-state index contributed by atoms with van der Waals surface area (Å²) in [6.45, 7) is 3.64. The molecule has 1 saturated carbocycles. The minimum absolute atomic E-state index is 0.713. The summed E-state index contributed by atoms with van der Waals surface area (Å²) in [6.07, 6.45) is 6.49. The Labute approximate surface area is 106 Å². The molecule has 6 heteroatoms. The predicted octanol–water partition coefficient (Wildman–Crippen LogP) is 0.620. The molecule has 96 valence electrons. The lowest BCUT2D eigenvalue weighted by Crippen LogP contribution is -2.19. The van der Waals surface area contributed by atoms with Gasteiger partial charge >= 0.3 is 0 Å². The number of imidazole rings is 1. The van der Waals surface area contributed by atoms with Crippen LogP contribution in [0.4, 0.5) is 0 Å². The third-order valence-electron chi connectivity index (χ3n) is 3.26. The van der Waals surface area contributed by atoms with Crippen LogP contribution in [0.5, 0.6) is 0 Å². The van der Waals surface area contributed by atoms with Gasteiger partial charge in [0, 0.05) is 32.0 Å². The summed E-state index contributed by atoms with van der Waals surface area (Å²) in [5.41, 5.74) is 2.18. The molecule has 1 fully saturated rings. The van der Waals surface area contributed by atoms with E-state index in [2.05, 4.69) is 25.2 Å². The van der Waals surface area contributed by atoms with Gasteiger partial charge in [0.1, 0.15) is 11.5 Å². The molecular formula is C12H18N6. The maximum atomic E-state index is 4.39. The predicted molar refractivity (Wildman–Crippen MR) is 66.9 cm³/mol. The molecule has 6 nitrogen and oxygen atoms in total. The van der Waals surface area contributed by atoms with Crippen molar-refractivity contribution in [1.29, 1.82) is 0 Å². The largest absolute Gasteiger partial charge is 0.325 e. The summed E-state index contributed by atoms with van der Waals surface area (Å²) >= 11 is 0. The molecule has 0 saturated heterocycles. The Kier molecular flexibility index (Phi) is 2.87. The third kappa shape index (κ3) is 2.43. The zero-order valence-corrected chi connectivity index (χ0v) is 10.8. The Morgan fingerprint density at radius 1 is 1.44 bits per heavy atom. The number of hydrogen-bond acceptors (Lipinski definition) is 4. The van der Waals surface area contributed by atoms with Crippen LogP contribution in [0, 0.1) is 6.92 Å². The molecule has 0 aromatic carbocycles. The fraction of sp³-hybridized carbons (Fsp3) is 0.583. The Morgan fingerprint density at radius 2 is 2.28 bits per heavy atom. The SMILES string of the molecule is Cc1ncc(CNC2CC2)n1Cc1cn(C)nn1. The first-order valence-corrected chi connectivity index (χ1v) is 6.32. The van der Waals surface area contributed by atoms with Crippen molar-refractivity contribution in [3.05, 3.63) is 29.6 Å². The fourth-order valence-electron chi connectivity index (χ4n) is 2.04. The van der Waals surface area contributed by atoms with E-state index in [4.69, 9.17) is 0 Å². The van der Waals surface area contributed by atoms with E-state index in [0.717, 1.165) is 24.6 Å². The maximum Gasteiger partial charge on any atom is 0.106 e. The van der Waals surface area contributed by atoms with E-state index < -0.39 is 0 Å². The van der Waals surface area contributed by atoms with Gasteiger partial charge in [0.15, 0.2) is 0 Å². The highest BCUT2D eigenvalue weighted by Gasteiger charge is 2.21. The molecule has 2 aromatic heterocycles. The molecule has 0 unspecified atom stereocenters. The molecule has 2 aromatic rings. The quantitative estimate of drug-likeness (QED) is 0.840. The van der Waals surface area contributed by atoms with E-state index in [-0.39, 0.29) is 0 Å². The van der Waals surface area contributed by atoms with Gasteiger partial charge in [-0.3, -0.25) is 4.68 Å². The van der Waals surface area contributed by atoms with Gasteiger partial charge < -0.3 is 9.88 Å². The summed E-state index contributed by atoms with van der Waals surface area (Å²) in [7, 11) is 1.88. The summed E-state index contributed by atoms with van der Waals surface area (Å²) < 4.78 is 3.92.